The number of esters is 1. The second-order valence-electron chi connectivity index (χ2n) is 21.5. The van der Waals surface area contributed by atoms with Gasteiger partial charge in [-0.3, -0.25) is 14.4 Å². The van der Waals surface area contributed by atoms with E-state index < -0.39 is 21.4 Å². The number of fused-ring (bicyclic) bond motifs is 7. The fourth-order valence-corrected chi connectivity index (χ4v) is 15.6. The minimum atomic E-state index is -3.27. The van der Waals surface area contributed by atoms with Crippen LogP contribution in [0.5, 0.6) is 0 Å². The lowest BCUT2D eigenvalue weighted by molar-refractivity contribution is -0.250. The number of likely N-dealkylation sites (tertiary alicyclic amines) is 1. The number of carboxylic acid groups (broad SMARTS) is 1. The summed E-state index contributed by atoms with van der Waals surface area (Å²) in [6.07, 6.45) is 13.9. The molecule has 0 spiro atoms. The number of rotatable bonds is 10. The molecular weight excluding hydrogens is 701 g/mol. The van der Waals surface area contributed by atoms with E-state index in [1.165, 1.54) is 24.7 Å². The van der Waals surface area contributed by atoms with Crippen molar-refractivity contribution in [3.05, 3.63) is 12.2 Å². The summed E-state index contributed by atoms with van der Waals surface area (Å²) in [6.45, 7) is 24.1. The van der Waals surface area contributed by atoms with Crippen molar-refractivity contribution in [3.63, 3.8) is 0 Å². The van der Waals surface area contributed by atoms with Crippen LogP contribution in [0, 0.1) is 62.1 Å². The first-order valence-corrected chi connectivity index (χ1v) is 23.1. The molecule has 54 heavy (non-hydrogen) atoms. The maximum Gasteiger partial charge on any atom is 0.306 e. The third kappa shape index (κ3) is 7.23. The van der Waals surface area contributed by atoms with Crippen molar-refractivity contribution in [2.75, 3.05) is 19.3 Å². The number of carbonyl (C=O) groups excluding carboxylic acids is 2. The van der Waals surface area contributed by atoms with Crippen molar-refractivity contribution in [3.8, 4) is 0 Å². The summed E-state index contributed by atoms with van der Waals surface area (Å²) < 4.78 is 32.7. The highest BCUT2D eigenvalue weighted by Gasteiger charge is 2.71. The van der Waals surface area contributed by atoms with Crippen LogP contribution in [0.2, 0.25) is 0 Å². The first-order chi connectivity index (χ1) is 24.9. The molecule has 5 saturated carbocycles. The van der Waals surface area contributed by atoms with E-state index in [1.54, 1.807) is 0 Å². The first kappa shape index (κ1) is 41.7. The highest BCUT2D eigenvalue weighted by molar-refractivity contribution is 7.88. The van der Waals surface area contributed by atoms with Crippen molar-refractivity contribution >= 4 is 27.9 Å². The Bertz CT molecular complexity index is 1620. The maximum absolute atomic E-state index is 14.2. The molecule has 6 aliphatic rings. The van der Waals surface area contributed by atoms with E-state index in [0.29, 0.717) is 61.9 Å². The van der Waals surface area contributed by atoms with Crippen LogP contribution < -0.4 is 4.72 Å². The summed E-state index contributed by atoms with van der Waals surface area (Å²) in [5.41, 5.74) is 0.858. The molecule has 0 bridgehead atoms. The normalized spacial score (nSPS) is 40.8. The van der Waals surface area contributed by atoms with Gasteiger partial charge in [0.05, 0.1) is 19.1 Å². The van der Waals surface area contributed by atoms with Crippen LogP contribution in [-0.2, 0) is 29.1 Å². The van der Waals surface area contributed by atoms with Crippen molar-refractivity contribution in [2.45, 2.75) is 164 Å². The van der Waals surface area contributed by atoms with E-state index in [0.717, 1.165) is 51.4 Å². The molecule has 0 unspecified atom stereocenters. The van der Waals surface area contributed by atoms with Gasteiger partial charge in [0.1, 0.15) is 6.10 Å². The van der Waals surface area contributed by atoms with E-state index in [1.807, 2.05) is 18.7 Å². The first-order valence-electron chi connectivity index (χ1n) is 21.2. The summed E-state index contributed by atoms with van der Waals surface area (Å²) in [6, 6.07) is -0.101. The molecule has 1 aliphatic heterocycles. The number of hydrogen-bond acceptors (Lipinski definition) is 6. The van der Waals surface area contributed by atoms with Gasteiger partial charge in [-0.05, 0) is 141 Å². The van der Waals surface area contributed by atoms with Crippen LogP contribution in [0.4, 0.5) is 0 Å². The van der Waals surface area contributed by atoms with Crippen molar-refractivity contribution < 1.29 is 32.6 Å². The maximum atomic E-state index is 14.2. The standard InChI is InChI=1S/C44H72N2O7S/c1-28(2)30-13-20-44(25-35(47)46-23-16-29(17-24-46)45-54(10,51)52)22-21-42(8)31(38(30)44)11-12-33-41(7)18-15-34(40(5,6)32(41)14-19-43(33,42)9)53-37(50)27-39(3,4)26-36(48)49/h29-34,38,45H,1,11-27H2,2-10H3,(H,48,49)/t30-,31+,32-,33+,34-,38+,41-,42+,43+,44+/m0/s1. The van der Waals surface area contributed by atoms with Gasteiger partial charge in [-0.25, -0.2) is 13.1 Å². The molecule has 0 aromatic heterocycles. The third-order valence-electron chi connectivity index (χ3n) is 17.4. The van der Waals surface area contributed by atoms with Crippen molar-refractivity contribution in [2.24, 2.45) is 62.1 Å². The fourth-order valence-electron chi connectivity index (χ4n) is 14.8. The zero-order valence-electron chi connectivity index (χ0n) is 35.0. The second-order valence-corrected chi connectivity index (χ2v) is 23.3. The summed E-state index contributed by atoms with van der Waals surface area (Å²) in [4.78, 5) is 40.9. The van der Waals surface area contributed by atoms with Crippen LogP contribution in [0.1, 0.15) is 152 Å². The molecule has 2 N–H and O–H groups in total. The fraction of sp³-hybridized carbons (Fsp3) is 0.886. The van der Waals surface area contributed by atoms with Gasteiger partial charge in [-0.15, -0.1) is 0 Å². The van der Waals surface area contributed by atoms with Crippen LogP contribution in [-0.4, -0.2) is 67.8 Å². The number of nitrogens with zero attached hydrogens (tertiary/aromatic N) is 1. The number of carboxylic acids is 1. The molecule has 10 atom stereocenters. The number of allylic oxidation sites excluding steroid dienone is 1. The van der Waals surface area contributed by atoms with Crippen molar-refractivity contribution in [1.82, 2.24) is 9.62 Å². The number of carbonyl (C=O) groups is 3. The Kier molecular flexibility index (Phi) is 10.9. The molecular formula is C44H72N2O7S. The number of sulfonamides is 1. The summed E-state index contributed by atoms with van der Waals surface area (Å²) >= 11 is 0. The van der Waals surface area contributed by atoms with Gasteiger partial charge in [0.25, 0.3) is 0 Å². The number of piperidine rings is 1. The van der Waals surface area contributed by atoms with Crippen LogP contribution >= 0.6 is 0 Å². The Morgan fingerprint density at radius 3 is 2.13 bits per heavy atom. The predicted octanol–water partition coefficient (Wildman–Crippen LogP) is 8.38. The van der Waals surface area contributed by atoms with E-state index in [4.69, 9.17) is 4.74 Å². The van der Waals surface area contributed by atoms with Gasteiger partial charge >= 0.3 is 11.9 Å². The van der Waals surface area contributed by atoms with Crippen LogP contribution in [0.3, 0.4) is 0 Å². The smallest absolute Gasteiger partial charge is 0.306 e. The number of amides is 1. The lowest BCUT2D eigenvalue weighted by Crippen LogP contribution is -2.67. The Labute approximate surface area is 326 Å². The second kappa shape index (κ2) is 14.2. The number of hydrogen-bond donors (Lipinski definition) is 2. The molecule has 0 aromatic carbocycles. The van der Waals surface area contributed by atoms with Gasteiger partial charge in [0, 0.05) is 31.0 Å². The van der Waals surface area contributed by atoms with E-state index in [9.17, 15) is 27.9 Å². The average molecular weight is 773 g/mol. The number of ether oxygens (including phenoxy) is 1. The molecule has 306 valence electrons. The molecule has 0 aromatic rings. The summed E-state index contributed by atoms with van der Waals surface area (Å²) in [5, 5.41) is 9.35. The van der Waals surface area contributed by atoms with E-state index in [2.05, 4.69) is 52.8 Å². The Morgan fingerprint density at radius 2 is 1.52 bits per heavy atom. The Balaban J connectivity index is 1.20. The molecule has 1 heterocycles. The molecule has 1 saturated heterocycles. The number of nitrogens with one attached hydrogen (secondary N) is 1. The Hall–Kier alpha value is -1.94. The van der Waals surface area contributed by atoms with E-state index >= 15 is 0 Å². The largest absolute Gasteiger partial charge is 0.481 e. The molecule has 6 rings (SSSR count). The minimum Gasteiger partial charge on any atom is -0.481 e. The summed E-state index contributed by atoms with van der Waals surface area (Å²) in [5.74, 6) is 1.48. The van der Waals surface area contributed by atoms with Gasteiger partial charge in [0.15, 0.2) is 0 Å². The molecule has 9 nitrogen and oxygen atoms in total. The van der Waals surface area contributed by atoms with Gasteiger partial charge < -0.3 is 14.7 Å². The minimum absolute atomic E-state index is 0.0139. The topological polar surface area (TPSA) is 130 Å². The van der Waals surface area contributed by atoms with Gasteiger partial charge in [-0.1, -0.05) is 60.6 Å². The molecule has 1 amide bonds. The zero-order valence-corrected chi connectivity index (χ0v) is 35.8. The highest BCUT2D eigenvalue weighted by atomic mass is 32.2. The van der Waals surface area contributed by atoms with Gasteiger partial charge in [0.2, 0.25) is 15.9 Å². The average Bonchev–Trinajstić information content (AvgIpc) is 3.41. The molecule has 10 heteroatoms. The highest BCUT2D eigenvalue weighted by Crippen LogP contribution is 2.78. The quantitative estimate of drug-likeness (QED) is 0.169. The van der Waals surface area contributed by atoms with E-state index in [-0.39, 0.29) is 63.9 Å². The van der Waals surface area contributed by atoms with Crippen molar-refractivity contribution in [1.29, 1.82) is 0 Å². The predicted molar refractivity (Wildman–Crippen MR) is 212 cm³/mol. The molecule has 6 fully saturated rings. The molecule has 5 aliphatic carbocycles. The zero-order chi connectivity index (χ0) is 39.9. The lowest BCUT2D eigenvalue weighted by atomic mass is 9.32. The SMILES string of the molecule is C=C(C)[C@@H]1CC[C@]2(CC(=O)N3CCC(NS(C)(=O)=O)CC3)CC[C@]3(C)[C@H](CC[C@@H]4[C@@]5(C)CC[C@H](OC(=O)CC(C)(C)CC(=O)O)C(C)(C)[C@@H]5CC[C@]43C)[C@@H]12. The third-order valence-corrected chi connectivity index (χ3v) is 18.2. The van der Waals surface area contributed by atoms with Crippen LogP contribution in [0.25, 0.3) is 0 Å². The monoisotopic (exact) mass is 773 g/mol. The molecule has 0 radical (unpaired) electrons. The summed E-state index contributed by atoms with van der Waals surface area (Å²) in [7, 11) is -3.27. The number of aliphatic carboxylic acids is 1. The Morgan fingerprint density at radius 1 is 0.852 bits per heavy atom. The lowest BCUT2D eigenvalue weighted by Gasteiger charge is -2.73. The van der Waals surface area contributed by atoms with Gasteiger partial charge in [-0.2, -0.15) is 0 Å². The van der Waals surface area contributed by atoms with Crippen LogP contribution in [0.15, 0.2) is 12.2 Å².